The second-order valence-corrected chi connectivity index (χ2v) is 5.02. The summed E-state index contributed by atoms with van der Waals surface area (Å²) in [4.78, 5) is 11.7. The molecule has 0 aliphatic carbocycles. The minimum atomic E-state index is -4.82. The number of halogens is 5. The van der Waals surface area contributed by atoms with Crippen molar-refractivity contribution in [3.63, 3.8) is 0 Å². The number of rotatable bonds is 2. The highest BCUT2D eigenvalue weighted by atomic mass is 79.9. The third kappa shape index (κ3) is 3.20. The number of carbonyl (C=O) groups is 1. The molecule has 0 N–H and O–H groups in total. The molecule has 1 aliphatic rings. The van der Waals surface area contributed by atoms with Crippen LogP contribution in [-0.2, 0) is 9.53 Å². The van der Waals surface area contributed by atoms with Crippen LogP contribution in [0.25, 0.3) is 6.08 Å². The van der Waals surface area contributed by atoms with E-state index in [2.05, 4.69) is 20.7 Å². The first kappa shape index (κ1) is 15.8. The number of hydrogen-bond acceptors (Lipinski definition) is 3. The van der Waals surface area contributed by atoms with Crippen molar-refractivity contribution in [2.75, 3.05) is 6.61 Å². The zero-order chi connectivity index (χ0) is 15.8. The van der Waals surface area contributed by atoms with E-state index in [0.717, 1.165) is 12.1 Å². The molecule has 1 unspecified atom stereocenters. The van der Waals surface area contributed by atoms with Gasteiger partial charge < -0.3 is 9.47 Å². The molecule has 0 fully saturated rings. The number of alkyl halides is 3. The lowest BCUT2D eigenvalue weighted by Gasteiger charge is -2.27. The van der Waals surface area contributed by atoms with Gasteiger partial charge in [0.1, 0.15) is 11.6 Å². The maximum absolute atomic E-state index is 13.4. The minimum absolute atomic E-state index is 0.0507. The van der Waals surface area contributed by atoms with Crippen molar-refractivity contribution in [1.29, 1.82) is 0 Å². The van der Waals surface area contributed by atoms with Crippen molar-refractivity contribution in [3.8, 4) is 5.75 Å². The molecule has 1 aliphatic heterocycles. The fourth-order valence-corrected chi connectivity index (χ4v) is 2.18. The van der Waals surface area contributed by atoms with Gasteiger partial charge in [0.05, 0.1) is 16.7 Å². The average Bonchev–Trinajstić information content (AvgIpc) is 2.38. The number of esters is 1. The van der Waals surface area contributed by atoms with Crippen LogP contribution in [-0.4, -0.2) is 24.9 Å². The standard InChI is InChI=1S/C13H9BrF4O3/c1-2-20-12(19)7-3-6-4-8(14)9(15)5-10(6)21-11(7)13(16,17)18/h3-5,11H,2H2,1H3. The number of hydrogen-bond donors (Lipinski definition) is 0. The fraction of sp³-hybridized carbons (Fsp3) is 0.308. The maximum Gasteiger partial charge on any atom is 0.430 e. The van der Waals surface area contributed by atoms with Gasteiger partial charge in [-0.25, -0.2) is 9.18 Å². The summed E-state index contributed by atoms with van der Waals surface area (Å²) in [5.41, 5.74) is -0.512. The van der Waals surface area contributed by atoms with Crippen molar-refractivity contribution in [2.45, 2.75) is 19.2 Å². The molecule has 0 saturated carbocycles. The Hall–Kier alpha value is -1.57. The van der Waals surface area contributed by atoms with Crippen LogP contribution < -0.4 is 4.74 Å². The largest absolute Gasteiger partial charge is 0.475 e. The molecule has 0 bridgehead atoms. The van der Waals surface area contributed by atoms with E-state index in [1.54, 1.807) is 0 Å². The van der Waals surface area contributed by atoms with Crippen LogP contribution in [0, 0.1) is 5.82 Å². The number of fused-ring (bicyclic) bond motifs is 1. The first-order chi connectivity index (χ1) is 9.74. The third-order valence-corrected chi connectivity index (χ3v) is 3.31. The molecule has 3 nitrogen and oxygen atoms in total. The van der Waals surface area contributed by atoms with Crippen molar-refractivity contribution >= 4 is 28.0 Å². The lowest BCUT2D eigenvalue weighted by atomic mass is 10.0. The van der Waals surface area contributed by atoms with Gasteiger partial charge in [0.25, 0.3) is 0 Å². The quantitative estimate of drug-likeness (QED) is 0.587. The molecular weight excluding hydrogens is 360 g/mol. The van der Waals surface area contributed by atoms with Gasteiger partial charge in [-0.15, -0.1) is 0 Å². The molecule has 114 valence electrons. The normalized spacial score (nSPS) is 17.6. The molecule has 1 aromatic rings. The molecule has 0 aromatic heterocycles. The first-order valence-electron chi connectivity index (χ1n) is 5.85. The van der Waals surface area contributed by atoms with Gasteiger partial charge in [-0.2, -0.15) is 13.2 Å². The summed E-state index contributed by atoms with van der Waals surface area (Å²) in [5, 5.41) is 0. The monoisotopic (exact) mass is 368 g/mol. The predicted octanol–water partition coefficient (Wildman–Crippen LogP) is 3.86. The van der Waals surface area contributed by atoms with E-state index in [9.17, 15) is 22.4 Å². The van der Waals surface area contributed by atoms with Crippen molar-refractivity contribution in [2.24, 2.45) is 0 Å². The van der Waals surface area contributed by atoms with Crippen LogP contribution in [0.3, 0.4) is 0 Å². The van der Waals surface area contributed by atoms with E-state index < -0.39 is 29.6 Å². The first-order valence-corrected chi connectivity index (χ1v) is 6.64. The molecule has 0 radical (unpaired) electrons. The lowest BCUT2D eigenvalue weighted by molar-refractivity contribution is -0.187. The molecule has 1 heterocycles. The fourth-order valence-electron chi connectivity index (χ4n) is 1.82. The number of benzene rings is 1. The van der Waals surface area contributed by atoms with E-state index in [1.165, 1.54) is 13.0 Å². The number of ether oxygens (including phenoxy) is 2. The van der Waals surface area contributed by atoms with Gasteiger partial charge >= 0.3 is 12.1 Å². The van der Waals surface area contributed by atoms with Gasteiger partial charge in [0, 0.05) is 11.6 Å². The second-order valence-electron chi connectivity index (χ2n) is 4.16. The second kappa shape index (κ2) is 5.67. The Bertz CT molecular complexity index is 610. The molecular formula is C13H9BrF4O3. The summed E-state index contributed by atoms with van der Waals surface area (Å²) >= 11 is 2.92. The highest BCUT2D eigenvalue weighted by Gasteiger charge is 2.48. The summed E-state index contributed by atoms with van der Waals surface area (Å²) in [6.07, 6.45) is -6.30. The van der Waals surface area contributed by atoms with Gasteiger partial charge in [0.2, 0.25) is 6.10 Å². The van der Waals surface area contributed by atoms with E-state index in [1.807, 2.05) is 0 Å². The van der Waals surface area contributed by atoms with Crippen LogP contribution in [0.2, 0.25) is 0 Å². The molecule has 21 heavy (non-hydrogen) atoms. The minimum Gasteiger partial charge on any atom is -0.475 e. The smallest absolute Gasteiger partial charge is 0.430 e. The summed E-state index contributed by atoms with van der Waals surface area (Å²) in [6, 6.07) is 2.06. The zero-order valence-corrected chi connectivity index (χ0v) is 12.2. The Morgan fingerprint density at radius 3 is 2.67 bits per heavy atom. The summed E-state index contributed by atoms with van der Waals surface area (Å²) in [6.45, 7) is 1.41. The molecule has 1 atom stereocenters. The van der Waals surface area contributed by atoms with Crippen molar-refractivity contribution in [1.82, 2.24) is 0 Å². The molecule has 0 spiro atoms. The Labute approximate surface area is 125 Å². The van der Waals surface area contributed by atoms with Gasteiger partial charge in [0.15, 0.2) is 0 Å². The highest BCUT2D eigenvalue weighted by Crippen LogP contribution is 2.39. The Balaban J connectivity index is 2.52. The van der Waals surface area contributed by atoms with Gasteiger partial charge in [-0.05, 0) is 35.0 Å². The number of carbonyl (C=O) groups excluding carboxylic acids is 1. The lowest BCUT2D eigenvalue weighted by Crippen LogP contribution is -2.40. The van der Waals surface area contributed by atoms with Gasteiger partial charge in [-0.1, -0.05) is 0 Å². The van der Waals surface area contributed by atoms with Crippen LogP contribution in [0.1, 0.15) is 12.5 Å². The van der Waals surface area contributed by atoms with Crippen LogP contribution in [0.5, 0.6) is 5.75 Å². The Morgan fingerprint density at radius 2 is 2.10 bits per heavy atom. The van der Waals surface area contributed by atoms with Crippen LogP contribution >= 0.6 is 15.9 Å². The average molecular weight is 369 g/mol. The molecule has 0 saturated heterocycles. The van der Waals surface area contributed by atoms with Crippen molar-refractivity contribution < 1.29 is 31.8 Å². The summed E-state index contributed by atoms with van der Waals surface area (Å²) < 4.78 is 61.8. The molecule has 8 heteroatoms. The predicted molar refractivity (Wildman–Crippen MR) is 69.2 cm³/mol. The van der Waals surface area contributed by atoms with Gasteiger partial charge in [-0.3, -0.25) is 0 Å². The maximum atomic E-state index is 13.4. The molecule has 2 rings (SSSR count). The van der Waals surface area contributed by atoms with Crippen LogP contribution in [0.4, 0.5) is 17.6 Å². The third-order valence-electron chi connectivity index (χ3n) is 2.70. The van der Waals surface area contributed by atoms with E-state index in [-0.39, 0.29) is 22.4 Å². The summed E-state index contributed by atoms with van der Waals surface area (Å²) in [7, 11) is 0. The van der Waals surface area contributed by atoms with E-state index in [0.29, 0.717) is 0 Å². The molecule has 1 aromatic carbocycles. The molecule has 0 amide bonds. The topological polar surface area (TPSA) is 35.5 Å². The van der Waals surface area contributed by atoms with Crippen molar-refractivity contribution in [3.05, 3.63) is 33.6 Å². The summed E-state index contributed by atoms with van der Waals surface area (Å²) in [5.74, 6) is -2.17. The Kier molecular flexibility index (Phi) is 4.27. The van der Waals surface area contributed by atoms with E-state index >= 15 is 0 Å². The SMILES string of the molecule is CCOC(=O)C1=Cc2cc(Br)c(F)cc2OC1C(F)(F)F. The van der Waals surface area contributed by atoms with Crippen LogP contribution in [0.15, 0.2) is 22.2 Å². The Morgan fingerprint density at radius 1 is 1.43 bits per heavy atom. The highest BCUT2D eigenvalue weighted by molar-refractivity contribution is 9.10. The zero-order valence-electron chi connectivity index (χ0n) is 10.6. The van der Waals surface area contributed by atoms with E-state index in [4.69, 9.17) is 4.74 Å².